The van der Waals surface area contributed by atoms with Gasteiger partial charge in [-0.2, -0.15) is 0 Å². The van der Waals surface area contributed by atoms with Crippen LogP contribution in [0.15, 0.2) is 35.8 Å². The minimum absolute atomic E-state index is 0.889. The van der Waals surface area contributed by atoms with E-state index in [0.29, 0.717) is 0 Å². The minimum atomic E-state index is -2.15. The van der Waals surface area contributed by atoms with Crippen molar-refractivity contribution in [2.45, 2.75) is 184 Å². The molecule has 3 aromatic rings. The van der Waals surface area contributed by atoms with Crippen molar-refractivity contribution in [3.63, 3.8) is 0 Å². The SMILES string of the molecule is OC[C@H]1O[C@@H]2O[C@H]3[C@H](O)[C@@H](O)[C@@H](O[C@H]4[C@H](O)[C@@H](O)[C@@H](O[C@H]5[C@H](O)[C@@H](O)[C@@H](O[C@H]6[C@H](O)[C@@H](O)[C@@H](O[C@H]7[C@H](O)[C@@H](O)[C@@H](O[C@H]1[C@H](O)[C@H]2O)O[C@@H]7CO)O[C@@H]6CO)O[C@@H]5CO)O[C@@H]4CO)O[C@@H]3CO.c1ccc2[nH]c(-c3cnsc3)nc2c1. The van der Waals surface area contributed by atoms with Gasteiger partial charge in [0.2, 0.25) is 0 Å². The monoisotopic (exact) mass is 1170 g/mol. The lowest BCUT2D eigenvalue weighted by molar-refractivity contribution is -0.404. The Morgan fingerprint density at radius 3 is 0.850 bits per heavy atom. The molecular formula is C46H67N3O30S. The van der Waals surface area contributed by atoms with Gasteiger partial charge in [-0.05, 0) is 23.7 Å². The molecule has 12 bridgehead atoms. The molecule has 80 heavy (non-hydrogen) atoms. The van der Waals surface area contributed by atoms with Crippen molar-refractivity contribution in [3.8, 4) is 11.4 Å². The number of aromatic amines is 1. The zero-order valence-electron chi connectivity index (χ0n) is 41.8. The molecule has 0 saturated carbocycles. The second kappa shape index (κ2) is 26.6. The summed E-state index contributed by atoms with van der Waals surface area (Å²) in [4.78, 5) is 7.72. The van der Waals surface area contributed by atoms with E-state index in [1.54, 1.807) is 0 Å². The normalized spacial score (nSPS) is 47.6. The van der Waals surface area contributed by atoms with Gasteiger partial charge in [0.05, 0.1) is 56.9 Å². The lowest BCUT2D eigenvalue weighted by Crippen LogP contribution is -2.69. The Hall–Kier alpha value is -2.88. The molecule has 30 atom stereocenters. The van der Waals surface area contributed by atoms with Gasteiger partial charge in [-0.1, -0.05) is 12.1 Å². The van der Waals surface area contributed by atoms with Crippen LogP contribution in [0.25, 0.3) is 22.4 Å². The first-order valence-electron chi connectivity index (χ1n) is 25.4. The summed E-state index contributed by atoms with van der Waals surface area (Å²) in [5, 5.41) is 198. The molecule has 22 fully saturated rings. The second-order valence-electron chi connectivity index (χ2n) is 19.9. The van der Waals surface area contributed by atoms with Gasteiger partial charge in [-0.3, -0.25) is 0 Å². The molecule has 0 unspecified atom stereocenters. The van der Waals surface area contributed by atoms with Crippen LogP contribution in [0.2, 0.25) is 0 Å². The van der Waals surface area contributed by atoms with Crippen molar-refractivity contribution in [2.24, 2.45) is 0 Å². The van der Waals surface area contributed by atoms with Crippen LogP contribution in [0, 0.1) is 0 Å². The third kappa shape index (κ3) is 12.3. The number of nitrogens with zero attached hydrogens (tertiary/aromatic N) is 2. The summed E-state index contributed by atoms with van der Waals surface area (Å²) in [6.07, 6.45) is -56.7. The predicted molar refractivity (Wildman–Crippen MR) is 253 cm³/mol. The van der Waals surface area contributed by atoms with E-state index in [9.17, 15) is 91.9 Å². The third-order valence-corrected chi connectivity index (χ3v) is 15.4. The lowest BCUT2D eigenvalue weighted by Gasteiger charge is -2.50. The molecule has 2 aromatic heterocycles. The summed E-state index contributed by atoms with van der Waals surface area (Å²) in [5.74, 6) is 0.889. The Morgan fingerprint density at radius 1 is 0.362 bits per heavy atom. The number of aliphatic hydroxyl groups excluding tert-OH is 18. The van der Waals surface area contributed by atoms with Gasteiger partial charge in [0.25, 0.3) is 0 Å². The van der Waals surface area contributed by atoms with Crippen LogP contribution >= 0.6 is 11.5 Å². The Balaban J connectivity index is 0.000000474. The van der Waals surface area contributed by atoms with E-state index in [0.717, 1.165) is 22.4 Å². The summed E-state index contributed by atoms with van der Waals surface area (Å²) in [6.45, 7) is -5.99. The first kappa shape index (κ1) is 61.7. The predicted octanol–water partition coefficient (Wildman–Crippen LogP) is -10.4. The number of aliphatic hydroxyl groups is 18. The first-order valence-corrected chi connectivity index (χ1v) is 26.2. The van der Waals surface area contributed by atoms with E-state index in [4.69, 9.17) is 56.8 Å². The standard InChI is InChI=1S/C36H60O30.C10H7N3S/c37-1-7-25-13(43)19(49)31(55-7)62-26-8(2-38)57-33(21(51)15(26)45)64-28-10(4-40)59-35(23(53)17(28)47)66-30-12(6-42)60-36(24(54)18(30)48)65-29-11(5-41)58-34(22(52)16(29)46)63-27-9(3-39)56-32(61-25)20(50)14(27)44;1-2-4-9-8(3-1)12-10(13-9)7-5-11-14-6-7/h7-54H,1-6H2;1-6H,(H,12,13)/t7-,8-,9-,10-,11-,12-,13-,14-,15-,16-,17-,18-,19-,20-,21-,22-,23-,24-,25-,26-,27-,28-,29-,30-,31-,32-,33-,34-,35-,36-;/m1./s1. The van der Waals surface area contributed by atoms with Gasteiger partial charge in [0.1, 0.15) is 152 Å². The highest BCUT2D eigenvalue weighted by atomic mass is 32.1. The fourth-order valence-electron chi connectivity index (χ4n) is 10.3. The molecule has 22 aliphatic heterocycles. The molecule has 0 aliphatic carbocycles. The summed E-state index contributed by atoms with van der Waals surface area (Å²) in [5.41, 5.74) is 3.11. The summed E-state index contributed by atoms with van der Waals surface area (Å²) in [6, 6.07) is 8.00. The molecule has 24 heterocycles. The third-order valence-electron chi connectivity index (χ3n) is 14.8. The van der Waals surface area contributed by atoms with Gasteiger partial charge >= 0.3 is 0 Å². The number of ether oxygens (including phenoxy) is 12. The highest BCUT2D eigenvalue weighted by molar-refractivity contribution is 7.03. The molecule has 1 aromatic carbocycles. The maximum atomic E-state index is 11.2. The number of H-pyrrole nitrogens is 1. The van der Waals surface area contributed by atoms with Gasteiger partial charge < -0.3 is 154 Å². The Kier molecular flexibility index (Phi) is 20.5. The van der Waals surface area contributed by atoms with Crippen LogP contribution in [0.1, 0.15) is 0 Å². The van der Waals surface area contributed by atoms with E-state index in [2.05, 4.69) is 14.3 Å². The number of imidazole rings is 1. The van der Waals surface area contributed by atoms with Crippen LogP contribution in [0.5, 0.6) is 0 Å². The summed E-state index contributed by atoms with van der Waals surface area (Å²) in [7, 11) is 0. The number of hydrogen-bond acceptors (Lipinski definition) is 33. The van der Waals surface area contributed by atoms with Gasteiger partial charge in [0, 0.05) is 10.9 Å². The number of para-hydroxylation sites is 2. The number of nitrogens with one attached hydrogen (secondary N) is 1. The lowest BCUT2D eigenvalue weighted by atomic mass is 9.94. The number of rotatable bonds is 7. The zero-order valence-corrected chi connectivity index (χ0v) is 42.6. The Bertz CT molecular complexity index is 2060. The molecule has 0 spiro atoms. The average molecular weight is 1170 g/mol. The van der Waals surface area contributed by atoms with Crippen LogP contribution in [-0.2, 0) is 56.8 Å². The molecule has 452 valence electrons. The molecule has 22 aliphatic rings. The quantitative estimate of drug-likeness (QED) is 0.104. The van der Waals surface area contributed by atoms with E-state index in [1.807, 2.05) is 35.8 Å². The van der Waals surface area contributed by atoms with Crippen molar-refractivity contribution < 1.29 is 149 Å². The molecule has 0 amide bonds. The average Bonchev–Trinajstić information content (AvgIpc) is 4.23. The van der Waals surface area contributed by atoms with Crippen molar-refractivity contribution in [2.75, 3.05) is 39.6 Å². The molecule has 33 nitrogen and oxygen atoms in total. The van der Waals surface area contributed by atoms with E-state index in [1.165, 1.54) is 11.5 Å². The number of aromatic nitrogens is 3. The van der Waals surface area contributed by atoms with Crippen molar-refractivity contribution >= 4 is 22.6 Å². The van der Waals surface area contributed by atoms with Crippen LogP contribution < -0.4 is 0 Å². The topological polar surface area (TPSA) is 516 Å². The van der Waals surface area contributed by atoms with E-state index in [-0.39, 0.29) is 0 Å². The minimum Gasteiger partial charge on any atom is -0.394 e. The van der Waals surface area contributed by atoms with Gasteiger partial charge in [-0.15, -0.1) is 0 Å². The maximum Gasteiger partial charge on any atom is 0.187 e. The van der Waals surface area contributed by atoms with Crippen molar-refractivity contribution in [1.82, 2.24) is 14.3 Å². The number of fused-ring (bicyclic) bond motifs is 1. The smallest absolute Gasteiger partial charge is 0.187 e. The highest BCUT2D eigenvalue weighted by Crippen LogP contribution is 2.38. The molecule has 34 heteroatoms. The number of hydrogen-bond donors (Lipinski definition) is 19. The largest absolute Gasteiger partial charge is 0.394 e. The van der Waals surface area contributed by atoms with E-state index >= 15 is 0 Å². The highest BCUT2D eigenvalue weighted by Gasteiger charge is 2.58. The summed E-state index contributed by atoms with van der Waals surface area (Å²) < 4.78 is 71.9. The zero-order chi connectivity index (χ0) is 57.4. The van der Waals surface area contributed by atoms with Crippen LogP contribution in [0.3, 0.4) is 0 Å². The van der Waals surface area contributed by atoms with E-state index < -0.39 is 224 Å². The molecule has 22 saturated heterocycles. The maximum absolute atomic E-state index is 11.2. The molecular weight excluding hydrogens is 1110 g/mol. The van der Waals surface area contributed by atoms with Crippen molar-refractivity contribution in [1.29, 1.82) is 0 Å². The second-order valence-corrected chi connectivity index (χ2v) is 20.5. The first-order chi connectivity index (χ1) is 38.4. The molecule has 0 radical (unpaired) electrons. The van der Waals surface area contributed by atoms with Gasteiger partial charge in [0.15, 0.2) is 37.7 Å². The van der Waals surface area contributed by atoms with Crippen LogP contribution in [0.4, 0.5) is 0 Å². The fraction of sp³-hybridized carbons (Fsp3) is 0.783. The van der Waals surface area contributed by atoms with Crippen LogP contribution in [-0.4, -0.2) is 330 Å². The Morgan fingerprint density at radius 2 is 0.625 bits per heavy atom. The molecule has 19 N–H and O–H groups in total. The molecule has 25 rings (SSSR count). The summed E-state index contributed by atoms with van der Waals surface area (Å²) >= 11 is 1.43. The Labute approximate surface area is 455 Å². The number of benzene rings is 1. The fourth-order valence-corrected chi connectivity index (χ4v) is 10.9. The van der Waals surface area contributed by atoms with Gasteiger partial charge in [-0.25, -0.2) is 9.36 Å². The van der Waals surface area contributed by atoms with Crippen molar-refractivity contribution in [3.05, 3.63) is 35.8 Å².